The lowest BCUT2D eigenvalue weighted by Gasteiger charge is -2.27. The molecule has 0 fully saturated rings. The highest BCUT2D eigenvalue weighted by Gasteiger charge is 2.47. The van der Waals surface area contributed by atoms with Gasteiger partial charge in [0.15, 0.2) is 20.4 Å². The van der Waals surface area contributed by atoms with Gasteiger partial charge in [-0.25, -0.2) is 8.42 Å². The summed E-state index contributed by atoms with van der Waals surface area (Å²) in [6, 6.07) is 14.7. The summed E-state index contributed by atoms with van der Waals surface area (Å²) in [5.74, 6) is -0.368. The maximum atomic E-state index is 13.2. The highest BCUT2D eigenvalue weighted by Crippen LogP contribution is 2.31. The Morgan fingerprint density at radius 1 is 1.17 bits per heavy atom. The number of carbonyl (C=O) groups excluding carboxylic acids is 1. The van der Waals surface area contributed by atoms with Gasteiger partial charge in [-0.2, -0.15) is 9.36 Å². The van der Waals surface area contributed by atoms with Crippen LogP contribution in [0.1, 0.15) is 13.3 Å². The first kappa shape index (κ1) is 21.4. The van der Waals surface area contributed by atoms with Crippen molar-refractivity contribution < 1.29 is 18.3 Å². The minimum absolute atomic E-state index is 0.0600. The van der Waals surface area contributed by atoms with E-state index in [4.69, 9.17) is 11.6 Å². The number of sulfone groups is 1. The van der Waals surface area contributed by atoms with Crippen LogP contribution in [-0.2, 0) is 14.6 Å². The number of nitrogens with zero attached hydrogens (tertiary/aromatic N) is 2. The van der Waals surface area contributed by atoms with Crippen molar-refractivity contribution in [3.8, 4) is 11.4 Å². The number of aliphatic hydroxyl groups excluding tert-OH is 1. The van der Waals surface area contributed by atoms with Crippen molar-refractivity contribution in [3.05, 3.63) is 59.6 Å². The third kappa shape index (κ3) is 4.32. The van der Waals surface area contributed by atoms with E-state index in [9.17, 15) is 18.3 Å². The van der Waals surface area contributed by atoms with Crippen LogP contribution in [0.5, 0.6) is 0 Å². The highest BCUT2D eigenvalue weighted by molar-refractivity contribution is 7.93. The summed E-state index contributed by atoms with van der Waals surface area (Å²) in [5.41, 5.74) is 0.774. The first-order valence-corrected chi connectivity index (χ1v) is 11.2. The second-order valence-corrected chi connectivity index (χ2v) is 9.97. The van der Waals surface area contributed by atoms with Crippen LogP contribution in [0.2, 0.25) is 5.02 Å². The number of amides is 1. The molecule has 2 aromatic carbocycles. The molecule has 0 aliphatic heterocycles. The van der Waals surface area contributed by atoms with Crippen molar-refractivity contribution in [1.82, 2.24) is 9.36 Å². The SMILES string of the molecule is CC(CCO)(C(=O)Nc1nc(-c2ccccc2)ns1)S(=O)(=O)c1ccc(Cl)cc1. The van der Waals surface area contributed by atoms with Crippen LogP contribution in [0.4, 0.5) is 5.13 Å². The number of benzene rings is 2. The Bertz CT molecular complexity index is 1100. The zero-order valence-corrected chi connectivity index (χ0v) is 17.8. The van der Waals surface area contributed by atoms with Crippen LogP contribution in [-0.4, -0.2) is 40.1 Å². The summed E-state index contributed by atoms with van der Waals surface area (Å²) in [5, 5.41) is 12.5. The summed E-state index contributed by atoms with van der Waals surface area (Å²) >= 11 is 6.78. The molecule has 10 heteroatoms. The molecule has 1 amide bonds. The van der Waals surface area contributed by atoms with E-state index in [1.54, 1.807) is 0 Å². The lowest BCUT2D eigenvalue weighted by Crippen LogP contribution is -2.47. The van der Waals surface area contributed by atoms with Crippen LogP contribution in [0.15, 0.2) is 59.5 Å². The Morgan fingerprint density at radius 2 is 1.83 bits per heavy atom. The summed E-state index contributed by atoms with van der Waals surface area (Å²) in [6.07, 6.45) is -0.284. The normalized spacial score (nSPS) is 13.6. The predicted octanol–water partition coefficient (Wildman–Crippen LogP) is 3.41. The molecule has 0 aliphatic rings. The smallest absolute Gasteiger partial charge is 0.247 e. The Kier molecular flexibility index (Phi) is 6.33. The third-order valence-corrected chi connectivity index (χ3v) is 7.82. The fourth-order valence-electron chi connectivity index (χ4n) is 2.67. The number of aromatic nitrogens is 2. The average Bonchev–Trinajstić information content (AvgIpc) is 3.17. The molecule has 0 saturated heterocycles. The van der Waals surface area contributed by atoms with Gasteiger partial charge >= 0.3 is 0 Å². The van der Waals surface area contributed by atoms with Crippen molar-refractivity contribution in [1.29, 1.82) is 0 Å². The van der Waals surface area contributed by atoms with Crippen LogP contribution in [0.3, 0.4) is 0 Å². The van der Waals surface area contributed by atoms with Gasteiger partial charge in [-0.3, -0.25) is 10.1 Å². The van der Waals surface area contributed by atoms with Gasteiger partial charge in [-0.15, -0.1) is 0 Å². The zero-order valence-electron chi connectivity index (χ0n) is 15.4. The van der Waals surface area contributed by atoms with E-state index in [0.29, 0.717) is 10.8 Å². The largest absolute Gasteiger partial charge is 0.396 e. The number of anilines is 1. The van der Waals surface area contributed by atoms with Gasteiger partial charge in [0.1, 0.15) is 0 Å². The first-order valence-electron chi connectivity index (χ1n) is 8.59. The third-order valence-electron chi connectivity index (χ3n) is 4.46. The van der Waals surface area contributed by atoms with Gasteiger partial charge in [0.25, 0.3) is 0 Å². The number of hydrogen-bond donors (Lipinski definition) is 2. The fraction of sp³-hybridized carbons (Fsp3) is 0.211. The molecule has 3 rings (SSSR count). The van der Waals surface area contributed by atoms with Crippen molar-refractivity contribution in [2.75, 3.05) is 11.9 Å². The standard InChI is InChI=1S/C19H18ClN3O4S2/c1-19(11-12-24,29(26,27)15-9-7-14(20)8-10-15)17(25)22-18-21-16(23-28-18)13-5-3-2-4-6-13/h2-10,24H,11-12H2,1H3,(H,21,22,23,25). The number of carbonyl (C=O) groups is 1. The van der Waals surface area contributed by atoms with E-state index < -0.39 is 27.1 Å². The van der Waals surface area contributed by atoms with E-state index in [-0.39, 0.29) is 16.4 Å². The Labute approximate surface area is 177 Å². The van der Waals surface area contributed by atoms with Gasteiger partial charge in [0, 0.05) is 28.7 Å². The summed E-state index contributed by atoms with van der Waals surface area (Å²) < 4.78 is 28.6. The predicted molar refractivity (Wildman–Crippen MR) is 113 cm³/mol. The maximum absolute atomic E-state index is 13.2. The molecule has 0 bridgehead atoms. The molecule has 1 aromatic heterocycles. The number of rotatable bonds is 7. The van der Waals surface area contributed by atoms with Crippen LogP contribution < -0.4 is 5.32 Å². The van der Waals surface area contributed by atoms with Crippen LogP contribution in [0, 0.1) is 0 Å². The van der Waals surface area contributed by atoms with E-state index in [1.807, 2.05) is 30.3 Å². The van der Waals surface area contributed by atoms with Gasteiger partial charge in [0.2, 0.25) is 11.0 Å². The Morgan fingerprint density at radius 3 is 2.45 bits per heavy atom. The molecule has 152 valence electrons. The van der Waals surface area contributed by atoms with Gasteiger partial charge in [-0.05, 0) is 37.6 Å². The van der Waals surface area contributed by atoms with E-state index in [0.717, 1.165) is 17.1 Å². The van der Waals surface area contributed by atoms with Crippen molar-refractivity contribution >= 4 is 44.0 Å². The molecule has 3 aromatic rings. The van der Waals surface area contributed by atoms with Gasteiger partial charge in [0.05, 0.1) is 4.90 Å². The highest BCUT2D eigenvalue weighted by atomic mass is 35.5. The molecular weight excluding hydrogens is 434 g/mol. The van der Waals surface area contributed by atoms with Crippen LogP contribution >= 0.6 is 23.1 Å². The monoisotopic (exact) mass is 451 g/mol. The molecule has 29 heavy (non-hydrogen) atoms. The molecule has 0 aliphatic carbocycles. The molecular formula is C19H18ClN3O4S2. The molecule has 0 spiro atoms. The minimum atomic E-state index is -4.12. The molecule has 0 saturated carbocycles. The fourth-order valence-corrected chi connectivity index (χ4v) is 5.05. The van der Waals surface area contributed by atoms with Crippen molar-refractivity contribution in [2.24, 2.45) is 0 Å². The number of nitrogens with one attached hydrogen (secondary N) is 1. The molecule has 1 unspecified atom stereocenters. The lowest BCUT2D eigenvalue weighted by atomic mass is 10.1. The maximum Gasteiger partial charge on any atom is 0.247 e. The molecule has 2 N–H and O–H groups in total. The average molecular weight is 452 g/mol. The van der Waals surface area contributed by atoms with Gasteiger partial charge in [-0.1, -0.05) is 41.9 Å². The van der Waals surface area contributed by atoms with Crippen LogP contribution in [0.25, 0.3) is 11.4 Å². The molecule has 1 atom stereocenters. The quantitative estimate of drug-likeness (QED) is 0.569. The van der Waals surface area contributed by atoms with E-state index in [1.165, 1.54) is 31.2 Å². The van der Waals surface area contributed by atoms with Crippen molar-refractivity contribution in [3.63, 3.8) is 0 Å². The second-order valence-electron chi connectivity index (χ2n) is 6.41. The molecule has 7 nitrogen and oxygen atoms in total. The Hall–Kier alpha value is -2.33. The first-order chi connectivity index (χ1) is 13.8. The number of halogens is 1. The van der Waals surface area contributed by atoms with Crippen molar-refractivity contribution in [2.45, 2.75) is 23.0 Å². The summed E-state index contributed by atoms with van der Waals surface area (Å²) in [4.78, 5) is 17.2. The topological polar surface area (TPSA) is 109 Å². The minimum Gasteiger partial charge on any atom is -0.396 e. The number of aliphatic hydroxyl groups is 1. The van der Waals surface area contributed by atoms with E-state index in [2.05, 4.69) is 14.7 Å². The lowest BCUT2D eigenvalue weighted by molar-refractivity contribution is -0.118. The number of hydrogen-bond acceptors (Lipinski definition) is 7. The molecule has 1 heterocycles. The van der Waals surface area contributed by atoms with E-state index >= 15 is 0 Å². The van der Waals surface area contributed by atoms with Gasteiger partial charge < -0.3 is 5.11 Å². The Balaban J connectivity index is 1.89. The second kappa shape index (κ2) is 8.58. The molecule has 0 radical (unpaired) electrons. The zero-order chi connectivity index (χ0) is 21.1. The summed E-state index contributed by atoms with van der Waals surface area (Å²) in [6.45, 7) is 0.795. The summed E-state index contributed by atoms with van der Waals surface area (Å²) in [7, 11) is -4.12.